The Morgan fingerprint density at radius 1 is 0.870 bits per heavy atom. The van der Waals surface area contributed by atoms with E-state index in [-0.39, 0.29) is 46.3 Å². The summed E-state index contributed by atoms with van der Waals surface area (Å²) in [6.45, 7) is -0.468. The molecule has 6 nitrogen and oxygen atoms in total. The van der Waals surface area contributed by atoms with Crippen LogP contribution in [-0.4, -0.2) is 38.2 Å². The molecule has 7 heteroatoms. The van der Waals surface area contributed by atoms with Crippen LogP contribution in [0.3, 0.4) is 0 Å². The molecule has 2 aromatic rings. The molecule has 0 aliphatic heterocycles. The van der Waals surface area contributed by atoms with Gasteiger partial charge < -0.3 is 5.11 Å². The van der Waals surface area contributed by atoms with Crippen LogP contribution in [0.1, 0.15) is 31.8 Å². The van der Waals surface area contributed by atoms with Gasteiger partial charge in [-0.2, -0.15) is 0 Å². The molecular formula is C16H13NO5S. The summed E-state index contributed by atoms with van der Waals surface area (Å²) in [6.07, 6.45) is 0. The lowest BCUT2D eigenvalue weighted by Gasteiger charge is -2.18. The minimum atomic E-state index is -3.85. The normalized spacial score (nSPS) is 13.6. The van der Waals surface area contributed by atoms with Crippen LogP contribution in [0.5, 0.6) is 0 Å². The van der Waals surface area contributed by atoms with Gasteiger partial charge in [-0.1, -0.05) is 24.3 Å². The fourth-order valence-electron chi connectivity index (χ4n) is 2.51. The molecule has 1 aliphatic rings. The second-order valence-electron chi connectivity index (χ2n) is 5.03. The van der Waals surface area contributed by atoms with E-state index in [1.165, 1.54) is 18.2 Å². The number of hydrogen-bond acceptors (Lipinski definition) is 5. The lowest BCUT2D eigenvalue weighted by molar-refractivity contribution is 0.0979. The summed E-state index contributed by atoms with van der Waals surface area (Å²) in [5, 5.41) is 8.73. The van der Waals surface area contributed by atoms with Crippen molar-refractivity contribution in [2.45, 2.75) is 4.90 Å². The monoisotopic (exact) mass is 331 g/mol. The number of rotatable bonds is 4. The van der Waals surface area contributed by atoms with Gasteiger partial charge in [0, 0.05) is 28.8 Å². The van der Waals surface area contributed by atoms with Crippen molar-refractivity contribution in [1.29, 1.82) is 0 Å². The molecule has 3 rings (SSSR count). The smallest absolute Gasteiger partial charge is 0.240 e. The number of aliphatic hydroxyl groups is 1. The van der Waals surface area contributed by atoms with Crippen molar-refractivity contribution in [3.63, 3.8) is 0 Å². The number of benzene rings is 2. The minimum absolute atomic E-state index is 0.0700. The second kappa shape index (κ2) is 5.69. The number of nitrogens with one attached hydrogen (secondary N) is 1. The third kappa shape index (κ3) is 2.59. The van der Waals surface area contributed by atoms with E-state index in [0.717, 1.165) is 0 Å². The van der Waals surface area contributed by atoms with E-state index < -0.39 is 10.0 Å². The van der Waals surface area contributed by atoms with Crippen molar-refractivity contribution >= 4 is 21.6 Å². The largest absolute Gasteiger partial charge is 0.395 e. The van der Waals surface area contributed by atoms with Gasteiger partial charge in [0.15, 0.2) is 11.6 Å². The predicted octanol–water partition coefficient (Wildman–Crippen LogP) is 0.733. The van der Waals surface area contributed by atoms with E-state index in [1.807, 2.05) is 0 Å². The zero-order valence-electron chi connectivity index (χ0n) is 11.9. The average molecular weight is 331 g/mol. The van der Waals surface area contributed by atoms with Crippen LogP contribution in [0.15, 0.2) is 47.4 Å². The number of hydrogen-bond donors (Lipinski definition) is 2. The molecule has 0 saturated carbocycles. The third-order valence-corrected chi connectivity index (χ3v) is 5.07. The molecule has 2 aromatic carbocycles. The van der Waals surface area contributed by atoms with E-state index in [0.29, 0.717) is 5.56 Å². The molecule has 0 bridgehead atoms. The molecule has 0 saturated heterocycles. The Labute approximate surface area is 132 Å². The van der Waals surface area contributed by atoms with Crippen molar-refractivity contribution in [2.24, 2.45) is 0 Å². The van der Waals surface area contributed by atoms with Gasteiger partial charge >= 0.3 is 0 Å². The summed E-state index contributed by atoms with van der Waals surface area (Å²) >= 11 is 0. The molecular weight excluding hydrogens is 318 g/mol. The van der Waals surface area contributed by atoms with Crippen molar-refractivity contribution in [3.05, 3.63) is 64.7 Å². The van der Waals surface area contributed by atoms with E-state index >= 15 is 0 Å². The maximum Gasteiger partial charge on any atom is 0.240 e. The summed E-state index contributed by atoms with van der Waals surface area (Å²) in [5.74, 6) is -0.683. The number of carbonyl (C=O) groups excluding carboxylic acids is 2. The van der Waals surface area contributed by atoms with Crippen LogP contribution in [0.25, 0.3) is 0 Å². The molecule has 0 aromatic heterocycles. The Bertz CT molecular complexity index is 918. The Hall–Kier alpha value is -2.35. The third-order valence-electron chi connectivity index (χ3n) is 3.61. The first-order valence-corrected chi connectivity index (χ1v) is 8.37. The molecule has 0 heterocycles. The highest BCUT2D eigenvalue weighted by Gasteiger charge is 2.30. The maximum absolute atomic E-state index is 12.5. The van der Waals surface area contributed by atoms with Gasteiger partial charge in [0.05, 0.1) is 11.5 Å². The van der Waals surface area contributed by atoms with Gasteiger partial charge in [0.1, 0.15) is 0 Å². The molecule has 0 fully saturated rings. The summed E-state index contributed by atoms with van der Waals surface area (Å²) in [4.78, 5) is 24.9. The molecule has 0 atom stereocenters. The van der Waals surface area contributed by atoms with Crippen molar-refractivity contribution in [2.75, 3.05) is 13.2 Å². The molecule has 0 amide bonds. The lowest BCUT2D eigenvalue weighted by Crippen LogP contribution is -2.27. The SMILES string of the molecule is O=C1c2ccccc2C(=O)c2cc(S(=O)(=O)NCCO)ccc21. The Morgan fingerprint density at radius 2 is 1.43 bits per heavy atom. The van der Waals surface area contributed by atoms with Gasteiger partial charge in [-0.3, -0.25) is 9.59 Å². The second-order valence-corrected chi connectivity index (χ2v) is 6.80. The van der Waals surface area contributed by atoms with Gasteiger partial charge in [-0.05, 0) is 18.2 Å². The highest BCUT2D eigenvalue weighted by Crippen LogP contribution is 2.28. The molecule has 0 unspecified atom stereocenters. The van der Waals surface area contributed by atoms with Crippen molar-refractivity contribution in [3.8, 4) is 0 Å². The number of aliphatic hydroxyl groups excluding tert-OH is 1. The van der Waals surface area contributed by atoms with Gasteiger partial charge in [0.25, 0.3) is 0 Å². The van der Waals surface area contributed by atoms with Gasteiger partial charge in [-0.25, -0.2) is 13.1 Å². The topological polar surface area (TPSA) is 101 Å². The summed E-state index contributed by atoms with van der Waals surface area (Å²) in [5.41, 5.74) is 0.845. The zero-order chi connectivity index (χ0) is 16.6. The number of sulfonamides is 1. The van der Waals surface area contributed by atoms with Crippen LogP contribution in [0.2, 0.25) is 0 Å². The molecule has 118 valence electrons. The van der Waals surface area contributed by atoms with Crippen LogP contribution >= 0.6 is 0 Å². The molecule has 23 heavy (non-hydrogen) atoms. The quantitative estimate of drug-likeness (QED) is 0.734. The first-order valence-electron chi connectivity index (χ1n) is 6.88. The maximum atomic E-state index is 12.5. The predicted molar refractivity (Wildman–Crippen MR) is 82.0 cm³/mol. The molecule has 1 aliphatic carbocycles. The van der Waals surface area contributed by atoms with E-state index in [1.54, 1.807) is 24.3 Å². The van der Waals surface area contributed by atoms with Crippen LogP contribution < -0.4 is 4.72 Å². The molecule has 0 spiro atoms. The van der Waals surface area contributed by atoms with Crippen molar-refractivity contribution < 1.29 is 23.1 Å². The average Bonchev–Trinajstić information content (AvgIpc) is 2.57. The summed E-state index contributed by atoms with van der Waals surface area (Å²) < 4.78 is 26.4. The highest BCUT2D eigenvalue weighted by atomic mass is 32.2. The first-order chi connectivity index (χ1) is 11.0. The number of ketones is 2. The molecule has 0 radical (unpaired) electrons. The van der Waals surface area contributed by atoms with Gasteiger partial charge in [0.2, 0.25) is 10.0 Å². The Morgan fingerprint density at radius 3 is 2.04 bits per heavy atom. The number of fused-ring (bicyclic) bond motifs is 2. The Balaban J connectivity index is 2.11. The van der Waals surface area contributed by atoms with Crippen molar-refractivity contribution in [1.82, 2.24) is 4.72 Å². The minimum Gasteiger partial charge on any atom is -0.395 e. The lowest BCUT2D eigenvalue weighted by atomic mass is 9.84. The Kier molecular flexibility index (Phi) is 3.85. The fourth-order valence-corrected chi connectivity index (χ4v) is 3.56. The number of carbonyl (C=O) groups is 2. The van der Waals surface area contributed by atoms with Crippen LogP contribution in [-0.2, 0) is 10.0 Å². The first kappa shape index (κ1) is 15.5. The summed E-state index contributed by atoms with van der Waals surface area (Å²) in [6, 6.07) is 10.3. The van der Waals surface area contributed by atoms with E-state index in [2.05, 4.69) is 4.72 Å². The summed E-state index contributed by atoms with van der Waals surface area (Å²) in [7, 11) is -3.85. The van der Waals surface area contributed by atoms with E-state index in [4.69, 9.17) is 5.11 Å². The zero-order valence-corrected chi connectivity index (χ0v) is 12.8. The van der Waals surface area contributed by atoms with E-state index in [9.17, 15) is 18.0 Å². The molecule has 2 N–H and O–H groups in total. The van der Waals surface area contributed by atoms with Gasteiger partial charge in [-0.15, -0.1) is 0 Å². The van der Waals surface area contributed by atoms with Crippen LogP contribution in [0.4, 0.5) is 0 Å². The fraction of sp³-hybridized carbons (Fsp3) is 0.125. The highest BCUT2D eigenvalue weighted by molar-refractivity contribution is 7.89. The van der Waals surface area contributed by atoms with Crippen LogP contribution in [0, 0.1) is 0 Å². The standard InChI is InChI=1S/C16H13NO5S/c18-8-7-17-23(21,22)10-5-6-13-14(9-10)16(20)12-4-2-1-3-11(12)15(13)19/h1-6,9,17-18H,7-8H2.